The van der Waals surface area contributed by atoms with Crippen molar-refractivity contribution in [2.45, 2.75) is 52.6 Å². The number of hydrogen-bond acceptors (Lipinski definition) is 3. The third-order valence-corrected chi connectivity index (χ3v) is 4.33. The van der Waals surface area contributed by atoms with E-state index in [9.17, 15) is 9.59 Å². The van der Waals surface area contributed by atoms with Crippen LogP contribution in [0.4, 0.5) is 0 Å². The summed E-state index contributed by atoms with van der Waals surface area (Å²) >= 11 is 1.87. The number of hydrogen-bond donors (Lipinski definition) is 1. The molecule has 1 saturated heterocycles. The van der Waals surface area contributed by atoms with Gasteiger partial charge in [-0.2, -0.15) is 11.8 Å². The fourth-order valence-electron chi connectivity index (χ4n) is 2.30. The van der Waals surface area contributed by atoms with Gasteiger partial charge in [-0.3, -0.25) is 9.59 Å². The number of rotatable bonds is 7. The first-order valence-electron chi connectivity index (χ1n) is 7.16. The summed E-state index contributed by atoms with van der Waals surface area (Å²) in [5.74, 6) is 2.61. The van der Waals surface area contributed by atoms with Crippen LogP contribution in [0.1, 0.15) is 40.5 Å². The van der Waals surface area contributed by atoms with Crippen molar-refractivity contribution in [3.05, 3.63) is 0 Å². The Morgan fingerprint density at radius 2 is 2.05 bits per heavy atom. The summed E-state index contributed by atoms with van der Waals surface area (Å²) in [5, 5.41) is 2.84. The molecule has 1 aliphatic heterocycles. The molecule has 0 aromatic heterocycles. The maximum atomic E-state index is 12.4. The first-order valence-corrected chi connectivity index (χ1v) is 8.31. The Morgan fingerprint density at radius 3 is 2.63 bits per heavy atom. The molecule has 4 nitrogen and oxygen atoms in total. The number of thioether (sulfide) groups is 1. The first kappa shape index (κ1) is 16.3. The SMILES string of the molecule is CCSCCCN1C(=O)C(CC(C)C)NC(=O)C1C. The monoisotopic (exact) mass is 286 g/mol. The van der Waals surface area contributed by atoms with Crippen molar-refractivity contribution >= 4 is 23.6 Å². The maximum Gasteiger partial charge on any atom is 0.245 e. The highest BCUT2D eigenvalue weighted by Crippen LogP contribution is 2.16. The van der Waals surface area contributed by atoms with Gasteiger partial charge in [0, 0.05) is 6.54 Å². The second-order valence-corrected chi connectivity index (χ2v) is 6.84. The fraction of sp³-hybridized carbons (Fsp3) is 0.857. The average Bonchev–Trinajstić information content (AvgIpc) is 2.34. The molecule has 0 aromatic carbocycles. The zero-order valence-corrected chi connectivity index (χ0v) is 13.3. The van der Waals surface area contributed by atoms with E-state index >= 15 is 0 Å². The van der Waals surface area contributed by atoms with Gasteiger partial charge in [0.1, 0.15) is 12.1 Å². The van der Waals surface area contributed by atoms with Crippen LogP contribution in [0.25, 0.3) is 0 Å². The molecular weight excluding hydrogens is 260 g/mol. The van der Waals surface area contributed by atoms with Gasteiger partial charge in [-0.1, -0.05) is 20.8 Å². The van der Waals surface area contributed by atoms with Gasteiger partial charge in [-0.25, -0.2) is 0 Å². The summed E-state index contributed by atoms with van der Waals surface area (Å²) in [6.45, 7) is 8.77. The van der Waals surface area contributed by atoms with Gasteiger partial charge in [0.15, 0.2) is 0 Å². The van der Waals surface area contributed by atoms with Crippen molar-refractivity contribution in [1.82, 2.24) is 10.2 Å². The number of nitrogens with one attached hydrogen (secondary N) is 1. The molecule has 1 aliphatic rings. The highest BCUT2D eigenvalue weighted by molar-refractivity contribution is 7.99. The van der Waals surface area contributed by atoms with E-state index in [1.54, 1.807) is 4.90 Å². The molecule has 1 N–H and O–H groups in total. The molecule has 5 heteroatoms. The number of carbonyl (C=O) groups is 2. The molecule has 2 unspecified atom stereocenters. The van der Waals surface area contributed by atoms with E-state index in [2.05, 4.69) is 26.1 Å². The highest BCUT2D eigenvalue weighted by atomic mass is 32.2. The summed E-state index contributed by atoms with van der Waals surface area (Å²) in [7, 11) is 0. The van der Waals surface area contributed by atoms with Crippen LogP contribution in [-0.4, -0.2) is 46.8 Å². The molecule has 0 aliphatic carbocycles. The maximum absolute atomic E-state index is 12.4. The average molecular weight is 286 g/mol. The quantitative estimate of drug-likeness (QED) is 0.727. The zero-order valence-electron chi connectivity index (χ0n) is 12.4. The minimum atomic E-state index is -0.331. The van der Waals surface area contributed by atoms with Crippen LogP contribution in [0, 0.1) is 5.92 Å². The number of piperazine rings is 1. The number of nitrogens with zero attached hydrogens (tertiary/aromatic N) is 1. The lowest BCUT2D eigenvalue weighted by molar-refractivity contribution is -0.149. The molecule has 0 radical (unpaired) electrons. The second-order valence-electron chi connectivity index (χ2n) is 5.45. The van der Waals surface area contributed by atoms with E-state index in [1.807, 2.05) is 18.7 Å². The van der Waals surface area contributed by atoms with Gasteiger partial charge in [0.05, 0.1) is 0 Å². The van der Waals surface area contributed by atoms with E-state index < -0.39 is 0 Å². The molecule has 110 valence electrons. The molecule has 1 rings (SSSR count). The fourth-order valence-corrected chi connectivity index (χ4v) is 2.92. The van der Waals surface area contributed by atoms with Gasteiger partial charge in [0.2, 0.25) is 11.8 Å². The lowest BCUT2D eigenvalue weighted by atomic mass is 9.99. The summed E-state index contributed by atoms with van der Waals surface area (Å²) in [5.41, 5.74) is 0. The van der Waals surface area contributed by atoms with E-state index in [-0.39, 0.29) is 23.9 Å². The smallest absolute Gasteiger partial charge is 0.245 e. The highest BCUT2D eigenvalue weighted by Gasteiger charge is 2.37. The second kappa shape index (κ2) is 7.78. The van der Waals surface area contributed by atoms with Crippen LogP contribution in [0.3, 0.4) is 0 Å². The van der Waals surface area contributed by atoms with E-state index in [1.165, 1.54) is 0 Å². The lowest BCUT2D eigenvalue weighted by Crippen LogP contribution is -2.62. The Labute approximate surface area is 120 Å². The Hall–Kier alpha value is -0.710. The van der Waals surface area contributed by atoms with Crippen molar-refractivity contribution < 1.29 is 9.59 Å². The van der Waals surface area contributed by atoms with Crippen molar-refractivity contribution in [2.24, 2.45) is 5.92 Å². The zero-order chi connectivity index (χ0) is 14.4. The van der Waals surface area contributed by atoms with Crippen LogP contribution in [0.5, 0.6) is 0 Å². The minimum Gasteiger partial charge on any atom is -0.343 e. The normalized spacial score (nSPS) is 23.9. The van der Waals surface area contributed by atoms with Crippen molar-refractivity contribution in [2.75, 3.05) is 18.1 Å². The number of carbonyl (C=O) groups excluding carboxylic acids is 2. The molecule has 0 aromatic rings. The molecule has 0 saturated carbocycles. The Balaban J connectivity index is 2.59. The van der Waals surface area contributed by atoms with Crippen LogP contribution in [0.15, 0.2) is 0 Å². The molecule has 0 bridgehead atoms. The van der Waals surface area contributed by atoms with Gasteiger partial charge in [-0.05, 0) is 37.2 Å². The molecular formula is C14H26N2O2S. The van der Waals surface area contributed by atoms with E-state index in [0.29, 0.717) is 12.5 Å². The summed E-state index contributed by atoms with van der Waals surface area (Å²) in [6.07, 6.45) is 1.67. The van der Waals surface area contributed by atoms with Gasteiger partial charge in [-0.15, -0.1) is 0 Å². The van der Waals surface area contributed by atoms with Crippen LogP contribution in [0.2, 0.25) is 0 Å². The lowest BCUT2D eigenvalue weighted by Gasteiger charge is -2.38. The van der Waals surface area contributed by atoms with E-state index in [0.717, 1.165) is 24.3 Å². The van der Waals surface area contributed by atoms with Crippen LogP contribution >= 0.6 is 11.8 Å². The molecule has 1 fully saturated rings. The minimum absolute atomic E-state index is 0.0200. The third kappa shape index (κ3) is 4.71. The molecule has 2 atom stereocenters. The van der Waals surface area contributed by atoms with Gasteiger partial charge < -0.3 is 10.2 Å². The molecule has 19 heavy (non-hydrogen) atoms. The van der Waals surface area contributed by atoms with Crippen molar-refractivity contribution in [3.8, 4) is 0 Å². The summed E-state index contributed by atoms with van der Waals surface area (Å²) < 4.78 is 0. The standard InChI is InChI=1S/C14H26N2O2S/c1-5-19-8-6-7-16-11(4)13(17)15-12(14(16)18)9-10(2)3/h10-12H,5-9H2,1-4H3,(H,15,17). The number of amides is 2. The Morgan fingerprint density at radius 1 is 1.37 bits per heavy atom. The Kier molecular flexibility index (Phi) is 6.69. The van der Waals surface area contributed by atoms with Crippen LogP contribution < -0.4 is 5.32 Å². The van der Waals surface area contributed by atoms with Gasteiger partial charge in [0.25, 0.3) is 0 Å². The first-order chi connectivity index (χ1) is 8.97. The summed E-state index contributed by atoms with van der Waals surface area (Å²) in [4.78, 5) is 26.1. The largest absolute Gasteiger partial charge is 0.343 e. The molecule has 0 spiro atoms. The van der Waals surface area contributed by atoms with Crippen molar-refractivity contribution in [1.29, 1.82) is 0 Å². The molecule has 2 amide bonds. The molecule has 1 heterocycles. The predicted octanol–water partition coefficient (Wildman–Crippen LogP) is 1.89. The Bertz CT molecular complexity index is 321. The van der Waals surface area contributed by atoms with Crippen LogP contribution in [-0.2, 0) is 9.59 Å². The van der Waals surface area contributed by atoms with Crippen molar-refractivity contribution in [3.63, 3.8) is 0 Å². The van der Waals surface area contributed by atoms with Gasteiger partial charge >= 0.3 is 0 Å². The van der Waals surface area contributed by atoms with E-state index in [4.69, 9.17) is 0 Å². The third-order valence-electron chi connectivity index (χ3n) is 3.34. The topological polar surface area (TPSA) is 49.4 Å². The summed E-state index contributed by atoms with van der Waals surface area (Å²) in [6, 6.07) is -0.662. The predicted molar refractivity (Wildman–Crippen MR) is 80.2 cm³/mol.